The number of hydrogen-bond donors (Lipinski definition) is 1. The van der Waals surface area contributed by atoms with Crippen molar-refractivity contribution in [3.8, 4) is 5.75 Å². The smallest absolute Gasteiger partial charge is 0.272 e. The summed E-state index contributed by atoms with van der Waals surface area (Å²) in [5.41, 5.74) is 4.98. The fourth-order valence-corrected chi connectivity index (χ4v) is 3.87. The highest BCUT2D eigenvalue weighted by atomic mass is 79.9. The first-order chi connectivity index (χ1) is 15.1. The normalized spacial score (nSPS) is 11.0. The highest BCUT2D eigenvalue weighted by Gasteiger charge is 2.10. The van der Waals surface area contributed by atoms with E-state index in [9.17, 15) is 4.79 Å². The van der Waals surface area contributed by atoms with Gasteiger partial charge in [-0.1, -0.05) is 70.5 Å². The molecule has 1 N–H and O–H groups in total. The van der Waals surface area contributed by atoms with Gasteiger partial charge in [0.05, 0.1) is 11.8 Å². The van der Waals surface area contributed by atoms with Gasteiger partial charge in [-0.05, 0) is 62.6 Å². The third-order valence-corrected chi connectivity index (χ3v) is 5.94. The van der Waals surface area contributed by atoms with Gasteiger partial charge < -0.3 is 4.74 Å². The number of rotatable bonds is 6. The maximum Gasteiger partial charge on any atom is 0.272 e. The number of amides is 1. The fraction of sp³-hybridized carbons (Fsp3) is 0.0400. The average Bonchev–Trinajstić information content (AvgIpc) is 2.79. The van der Waals surface area contributed by atoms with E-state index in [2.05, 4.69) is 42.4 Å². The van der Waals surface area contributed by atoms with Crippen molar-refractivity contribution in [1.82, 2.24) is 5.43 Å². The summed E-state index contributed by atoms with van der Waals surface area (Å²) in [6.07, 6.45) is 1.63. The zero-order chi connectivity index (χ0) is 21.6. The fourth-order valence-electron chi connectivity index (χ4n) is 3.14. The van der Waals surface area contributed by atoms with Crippen LogP contribution in [-0.4, -0.2) is 12.1 Å². The summed E-state index contributed by atoms with van der Waals surface area (Å²) in [6, 6.07) is 27.2. The van der Waals surface area contributed by atoms with Crippen LogP contribution in [-0.2, 0) is 6.61 Å². The summed E-state index contributed by atoms with van der Waals surface area (Å²) in [5, 5.41) is 6.27. The second kappa shape index (κ2) is 9.90. The lowest BCUT2D eigenvalue weighted by Crippen LogP contribution is -2.18. The highest BCUT2D eigenvalue weighted by molar-refractivity contribution is 9.10. The Morgan fingerprint density at radius 3 is 2.45 bits per heavy atom. The van der Waals surface area contributed by atoms with Crippen LogP contribution >= 0.6 is 31.9 Å². The number of ether oxygens (including phenoxy) is 1. The number of fused-ring (bicyclic) bond motifs is 1. The maximum atomic E-state index is 12.5. The summed E-state index contributed by atoms with van der Waals surface area (Å²) in [7, 11) is 0. The molecule has 1 amide bonds. The maximum absolute atomic E-state index is 12.5. The van der Waals surface area contributed by atoms with Gasteiger partial charge in [0.15, 0.2) is 0 Å². The number of hydrogen-bond acceptors (Lipinski definition) is 3. The van der Waals surface area contributed by atoms with Gasteiger partial charge in [-0.2, -0.15) is 5.10 Å². The molecule has 4 rings (SSSR count). The minimum Gasteiger partial charge on any atom is -0.488 e. The molecule has 4 nitrogen and oxygen atoms in total. The predicted molar refractivity (Wildman–Crippen MR) is 132 cm³/mol. The molecule has 0 unspecified atom stereocenters. The third kappa shape index (κ3) is 5.21. The van der Waals surface area contributed by atoms with Crippen LogP contribution in [0, 0.1) is 0 Å². The Bertz CT molecular complexity index is 1250. The first-order valence-corrected chi connectivity index (χ1v) is 11.2. The molecule has 31 heavy (non-hydrogen) atoms. The number of carbonyl (C=O) groups is 1. The van der Waals surface area contributed by atoms with E-state index in [4.69, 9.17) is 4.74 Å². The van der Waals surface area contributed by atoms with Gasteiger partial charge in [0.25, 0.3) is 5.91 Å². The molecule has 0 aliphatic carbocycles. The van der Waals surface area contributed by atoms with Crippen molar-refractivity contribution in [2.75, 3.05) is 0 Å². The van der Waals surface area contributed by atoms with Gasteiger partial charge in [0, 0.05) is 14.5 Å². The standard InChI is InChI=1S/C25H18Br2N2O2/c26-19-12-9-17(10-13-19)16-31-24-14-11-18-5-1-2-6-20(18)22(24)15-28-29-25(30)21-7-3-4-8-23(21)27/h1-15H,16H2,(H,29,30)/b28-15-. The molecule has 0 fully saturated rings. The Balaban J connectivity index is 1.59. The monoisotopic (exact) mass is 536 g/mol. The van der Waals surface area contributed by atoms with Crippen LogP contribution in [0.3, 0.4) is 0 Å². The zero-order valence-electron chi connectivity index (χ0n) is 16.4. The van der Waals surface area contributed by atoms with Gasteiger partial charge in [-0.25, -0.2) is 5.43 Å². The van der Waals surface area contributed by atoms with E-state index in [-0.39, 0.29) is 5.91 Å². The largest absolute Gasteiger partial charge is 0.488 e. The highest BCUT2D eigenvalue weighted by Crippen LogP contribution is 2.27. The molecule has 154 valence electrons. The molecule has 0 radical (unpaired) electrons. The lowest BCUT2D eigenvalue weighted by Gasteiger charge is -2.12. The molecule has 0 saturated heterocycles. The molecular formula is C25H18Br2N2O2. The van der Waals surface area contributed by atoms with Crippen molar-refractivity contribution in [3.63, 3.8) is 0 Å². The molecule has 0 atom stereocenters. The van der Waals surface area contributed by atoms with E-state index in [1.165, 1.54) is 0 Å². The van der Waals surface area contributed by atoms with E-state index >= 15 is 0 Å². The number of carbonyl (C=O) groups excluding carboxylic acids is 1. The first kappa shape index (κ1) is 21.3. The van der Waals surface area contributed by atoms with Crippen molar-refractivity contribution < 1.29 is 9.53 Å². The van der Waals surface area contributed by atoms with Gasteiger partial charge >= 0.3 is 0 Å². The molecular weight excluding hydrogens is 520 g/mol. The topological polar surface area (TPSA) is 50.7 Å². The first-order valence-electron chi connectivity index (χ1n) is 9.59. The van der Waals surface area contributed by atoms with Gasteiger partial charge in [-0.15, -0.1) is 0 Å². The summed E-state index contributed by atoms with van der Waals surface area (Å²) >= 11 is 6.84. The van der Waals surface area contributed by atoms with Crippen molar-refractivity contribution in [3.05, 3.63) is 111 Å². The molecule has 4 aromatic carbocycles. The molecule has 0 bridgehead atoms. The van der Waals surface area contributed by atoms with Crippen LogP contribution < -0.4 is 10.2 Å². The van der Waals surface area contributed by atoms with Gasteiger partial charge in [0.2, 0.25) is 0 Å². The molecule has 0 aliphatic rings. The SMILES string of the molecule is O=C(N/N=C\c1c(OCc2ccc(Br)cc2)ccc2ccccc12)c1ccccc1Br. The van der Waals surface area contributed by atoms with E-state index < -0.39 is 0 Å². The Kier molecular flexibility index (Phi) is 6.79. The second-order valence-corrected chi connectivity index (χ2v) is 8.56. The van der Waals surface area contributed by atoms with Crippen LogP contribution in [0.15, 0.2) is 99.0 Å². The van der Waals surface area contributed by atoms with E-state index in [1.54, 1.807) is 12.3 Å². The van der Waals surface area contributed by atoms with Crippen LogP contribution in [0.5, 0.6) is 5.75 Å². The number of nitrogens with zero attached hydrogens (tertiary/aromatic N) is 1. The Morgan fingerprint density at radius 2 is 1.65 bits per heavy atom. The predicted octanol–water partition coefficient (Wildman–Crippen LogP) is 6.71. The van der Waals surface area contributed by atoms with Gasteiger partial charge in [0.1, 0.15) is 12.4 Å². The summed E-state index contributed by atoms with van der Waals surface area (Å²) in [5.74, 6) is 0.404. The van der Waals surface area contributed by atoms with Crippen LogP contribution in [0.4, 0.5) is 0 Å². The minimum absolute atomic E-state index is 0.290. The van der Waals surface area contributed by atoms with Crippen molar-refractivity contribution in [2.24, 2.45) is 5.10 Å². The van der Waals surface area contributed by atoms with Crippen molar-refractivity contribution in [1.29, 1.82) is 0 Å². The Labute approximate surface area is 197 Å². The second-order valence-electron chi connectivity index (χ2n) is 6.79. The molecule has 0 aromatic heterocycles. The number of nitrogens with one attached hydrogen (secondary N) is 1. The van der Waals surface area contributed by atoms with Crippen molar-refractivity contribution in [2.45, 2.75) is 6.61 Å². The minimum atomic E-state index is -0.290. The summed E-state index contributed by atoms with van der Waals surface area (Å²) in [6.45, 7) is 0.426. The lowest BCUT2D eigenvalue weighted by molar-refractivity contribution is 0.0954. The summed E-state index contributed by atoms with van der Waals surface area (Å²) in [4.78, 5) is 12.5. The van der Waals surface area contributed by atoms with Crippen LogP contribution in [0.25, 0.3) is 10.8 Å². The lowest BCUT2D eigenvalue weighted by atomic mass is 10.0. The Morgan fingerprint density at radius 1 is 0.903 bits per heavy atom. The molecule has 6 heteroatoms. The van der Waals surface area contributed by atoms with Crippen LogP contribution in [0.2, 0.25) is 0 Å². The molecule has 4 aromatic rings. The Hall–Kier alpha value is -2.96. The van der Waals surface area contributed by atoms with E-state index in [0.717, 1.165) is 26.4 Å². The van der Waals surface area contributed by atoms with E-state index in [1.807, 2.05) is 78.9 Å². The molecule has 0 spiro atoms. The molecule has 0 heterocycles. The molecule has 0 aliphatic heterocycles. The third-order valence-electron chi connectivity index (χ3n) is 4.72. The summed E-state index contributed by atoms with van der Waals surface area (Å²) < 4.78 is 7.84. The van der Waals surface area contributed by atoms with Crippen LogP contribution in [0.1, 0.15) is 21.5 Å². The van der Waals surface area contributed by atoms with Crippen molar-refractivity contribution >= 4 is 54.8 Å². The molecule has 0 saturated carbocycles. The van der Waals surface area contributed by atoms with Gasteiger partial charge in [-0.3, -0.25) is 4.79 Å². The van der Waals surface area contributed by atoms with E-state index in [0.29, 0.717) is 22.4 Å². The zero-order valence-corrected chi connectivity index (χ0v) is 19.6. The number of benzene rings is 4. The number of halogens is 2. The number of hydrazone groups is 1. The quantitative estimate of drug-likeness (QED) is 0.219. The average molecular weight is 538 g/mol.